The van der Waals surface area contributed by atoms with E-state index in [2.05, 4.69) is 13.8 Å². The van der Waals surface area contributed by atoms with Crippen molar-refractivity contribution in [3.63, 3.8) is 0 Å². The fourth-order valence-electron chi connectivity index (χ4n) is 2.16. The Morgan fingerprint density at radius 2 is 1.89 bits per heavy atom. The molecule has 0 fully saturated rings. The Labute approximate surface area is 106 Å². The quantitative estimate of drug-likeness (QED) is 0.843. The standard InChI is InChI=1S/C14H20F3N/c1-10(2)8-12(6-7-18)11-4-3-5-13(9-11)14(15,16)17/h3-5,9-10,12H,6-8,18H2,1-2H3. The largest absolute Gasteiger partial charge is 0.416 e. The number of halogens is 3. The molecule has 0 bridgehead atoms. The van der Waals surface area contributed by atoms with Crippen molar-refractivity contribution in [2.75, 3.05) is 6.54 Å². The van der Waals surface area contributed by atoms with Crippen LogP contribution in [0.15, 0.2) is 24.3 Å². The predicted molar refractivity (Wildman–Crippen MR) is 67.3 cm³/mol. The van der Waals surface area contributed by atoms with E-state index in [1.165, 1.54) is 12.1 Å². The number of benzene rings is 1. The molecule has 102 valence electrons. The lowest BCUT2D eigenvalue weighted by molar-refractivity contribution is -0.137. The molecule has 1 unspecified atom stereocenters. The van der Waals surface area contributed by atoms with Crippen LogP contribution in [-0.4, -0.2) is 6.54 Å². The molecule has 0 amide bonds. The molecule has 0 spiro atoms. The summed E-state index contributed by atoms with van der Waals surface area (Å²) in [6.45, 7) is 4.63. The molecule has 0 aliphatic rings. The third-order valence-corrected chi connectivity index (χ3v) is 2.96. The molecule has 0 heterocycles. The molecule has 1 nitrogen and oxygen atoms in total. The van der Waals surface area contributed by atoms with Gasteiger partial charge in [0.15, 0.2) is 0 Å². The van der Waals surface area contributed by atoms with Gasteiger partial charge in [-0.1, -0.05) is 32.0 Å². The summed E-state index contributed by atoms with van der Waals surface area (Å²) >= 11 is 0. The minimum absolute atomic E-state index is 0.109. The third-order valence-electron chi connectivity index (χ3n) is 2.96. The van der Waals surface area contributed by atoms with E-state index in [0.29, 0.717) is 12.5 Å². The van der Waals surface area contributed by atoms with E-state index in [-0.39, 0.29) is 5.92 Å². The average Bonchev–Trinajstić information content (AvgIpc) is 2.27. The van der Waals surface area contributed by atoms with Crippen LogP contribution >= 0.6 is 0 Å². The third kappa shape index (κ3) is 4.33. The smallest absolute Gasteiger partial charge is 0.330 e. The lowest BCUT2D eigenvalue weighted by atomic mass is 9.87. The zero-order valence-electron chi connectivity index (χ0n) is 10.8. The summed E-state index contributed by atoms with van der Waals surface area (Å²) in [5.74, 6) is 0.549. The summed E-state index contributed by atoms with van der Waals surface area (Å²) in [7, 11) is 0. The highest BCUT2D eigenvalue weighted by Crippen LogP contribution is 2.33. The highest BCUT2D eigenvalue weighted by Gasteiger charge is 2.30. The zero-order chi connectivity index (χ0) is 13.8. The van der Waals surface area contributed by atoms with Crippen LogP contribution in [0.25, 0.3) is 0 Å². The topological polar surface area (TPSA) is 26.0 Å². The van der Waals surface area contributed by atoms with Crippen LogP contribution in [0.5, 0.6) is 0 Å². The molecule has 0 radical (unpaired) electrons. The van der Waals surface area contributed by atoms with Crippen molar-refractivity contribution in [2.24, 2.45) is 11.7 Å². The van der Waals surface area contributed by atoms with Crippen molar-refractivity contribution in [1.29, 1.82) is 0 Å². The Hall–Kier alpha value is -1.03. The van der Waals surface area contributed by atoms with Gasteiger partial charge < -0.3 is 5.73 Å². The maximum atomic E-state index is 12.7. The second-order valence-electron chi connectivity index (χ2n) is 5.03. The Balaban J connectivity index is 2.97. The molecular weight excluding hydrogens is 239 g/mol. The van der Waals surface area contributed by atoms with E-state index < -0.39 is 11.7 Å². The van der Waals surface area contributed by atoms with Crippen molar-refractivity contribution in [2.45, 2.75) is 38.8 Å². The van der Waals surface area contributed by atoms with E-state index >= 15 is 0 Å². The van der Waals surface area contributed by atoms with Crippen molar-refractivity contribution in [3.8, 4) is 0 Å². The van der Waals surface area contributed by atoms with Gasteiger partial charge in [-0.3, -0.25) is 0 Å². The normalized spacial score (nSPS) is 13.9. The van der Waals surface area contributed by atoms with Gasteiger partial charge >= 0.3 is 6.18 Å². The molecule has 0 aliphatic heterocycles. The first-order valence-electron chi connectivity index (χ1n) is 6.21. The maximum Gasteiger partial charge on any atom is 0.416 e. The van der Waals surface area contributed by atoms with E-state index in [1.807, 2.05) is 0 Å². The van der Waals surface area contributed by atoms with Gasteiger partial charge in [0.1, 0.15) is 0 Å². The molecule has 1 aromatic carbocycles. The van der Waals surface area contributed by atoms with Gasteiger partial charge in [-0.05, 0) is 42.9 Å². The fourth-order valence-corrected chi connectivity index (χ4v) is 2.16. The summed E-state index contributed by atoms with van der Waals surface area (Å²) < 4.78 is 38.0. The van der Waals surface area contributed by atoms with Crippen molar-refractivity contribution in [3.05, 3.63) is 35.4 Å². The van der Waals surface area contributed by atoms with E-state index in [1.54, 1.807) is 6.07 Å². The summed E-state index contributed by atoms with van der Waals surface area (Å²) in [5.41, 5.74) is 5.71. The zero-order valence-corrected chi connectivity index (χ0v) is 10.8. The SMILES string of the molecule is CC(C)CC(CCN)c1cccc(C(F)(F)F)c1. The lowest BCUT2D eigenvalue weighted by Gasteiger charge is -2.20. The van der Waals surface area contributed by atoms with Crippen molar-refractivity contribution < 1.29 is 13.2 Å². The van der Waals surface area contributed by atoms with Gasteiger partial charge in [0, 0.05) is 0 Å². The van der Waals surface area contributed by atoms with Gasteiger partial charge in [0.25, 0.3) is 0 Å². The van der Waals surface area contributed by atoms with Crippen LogP contribution in [0.1, 0.15) is 43.7 Å². The lowest BCUT2D eigenvalue weighted by Crippen LogP contribution is -2.11. The van der Waals surface area contributed by atoms with E-state index in [4.69, 9.17) is 5.73 Å². The van der Waals surface area contributed by atoms with Gasteiger partial charge in [0.05, 0.1) is 5.56 Å². The molecule has 1 aromatic rings. The summed E-state index contributed by atoms with van der Waals surface area (Å²) in [5, 5.41) is 0. The van der Waals surface area contributed by atoms with Gasteiger partial charge in [0.2, 0.25) is 0 Å². The molecule has 0 aromatic heterocycles. The van der Waals surface area contributed by atoms with Crippen molar-refractivity contribution in [1.82, 2.24) is 0 Å². The Kier molecular flexibility index (Phi) is 5.20. The number of hydrogen-bond acceptors (Lipinski definition) is 1. The molecule has 0 saturated carbocycles. The van der Waals surface area contributed by atoms with Crippen LogP contribution < -0.4 is 5.73 Å². The average molecular weight is 259 g/mol. The number of alkyl halides is 3. The predicted octanol–water partition coefficient (Wildman–Crippen LogP) is 4.18. The Morgan fingerprint density at radius 3 is 2.39 bits per heavy atom. The highest BCUT2D eigenvalue weighted by molar-refractivity contribution is 5.28. The first kappa shape index (κ1) is 15.0. The molecule has 0 saturated heterocycles. The molecule has 1 rings (SSSR count). The summed E-state index contributed by atoms with van der Waals surface area (Å²) in [6, 6.07) is 5.60. The fraction of sp³-hybridized carbons (Fsp3) is 0.571. The Morgan fingerprint density at radius 1 is 1.22 bits per heavy atom. The number of nitrogens with two attached hydrogens (primary N) is 1. The first-order chi connectivity index (χ1) is 8.34. The van der Waals surface area contributed by atoms with Gasteiger partial charge in [-0.25, -0.2) is 0 Å². The van der Waals surface area contributed by atoms with Crippen LogP contribution in [0.3, 0.4) is 0 Å². The molecular formula is C14H20F3N. The molecule has 18 heavy (non-hydrogen) atoms. The molecule has 0 aliphatic carbocycles. The van der Waals surface area contributed by atoms with E-state index in [9.17, 15) is 13.2 Å². The number of rotatable bonds is 5. The van der Waals surface area contributed by atoms with E-state index in [0.717, 1.165) is 24.5 Å². The first-order valence-corrected chi connectivity index (χ1v) is 6.21. The van der Waals surface area contributed by atoms with Crippen molar-refractivity contribution >= 4 is 0 Å². The monoisotopic (exact) mass is 259 g/mol. The van der Waals surface area contributed by atoms with Crippen LogP contribution in [0.2, 0.25) is 0 Å². The van der Waals surface area contributed by atoms with Crippen LogP contribution in [0.4, 0.5) is 13.2 Å². The summed E-state index contributed by atoms with van der Waals surface area (Å²) in [4.78, 5) is 0. The minimum atomic E-state index is -4.28. The van der Waals surface area contributed by atoms with Gasteiger partial charge in [-0.15, -0.1) is 0 Å². The second-order valence-corrected chi connectivity index (χ2v) is 5.03. The second kappa shape index (κ2) is 6.23. The molecule has 2 N–H and O–H groups in total. The molecule has 4 heteroatoms. The van der Waals surface area contributed by atoms with Crippen LogP contribution in [0, 0.1) is 5.92 Å². The number of hydrogen-bond donors (Lipinski definition) is 1. The Bertz CT molecular complexity index is 372. The molecule has 1 atom stereocenters. The minimum Gasteiger partial charge on any atom is -0.330 e. The maximum absolute atomic E-state index is 12.7. The van der Waals surface area contributed by atoms with Crippen LogP contribution in [-0.2, 0) is 6.18 Å². The summed E-state index contributed by atoms with van der Waals surface area (Å²) in [6.07, 6.45) is -2.70. The highest BCUT2D eigenvalue weighted by atomic mass is 19.4. The van der Waals surface area contributed by atoms with Gasteiger partial charge in [-0.2, -0.15) is 13.2 Å².